The second-order valence-corrected chi connectivity index (χ2v) is 11.2. The summed E-state index contributed by atoms with van der Waals surface area (Å²) in [6.45, 7) is 2.22. The maximum atomic E-state index is 13.2. The lowest BCUT2D eigenvalue weighted by molar-refractivity contribution is 0.0951. The molecule has 1 aromatic heterocycles. The van der Waals surface area contributed by atoms with Crippen LogP contribution in [0.25, 0.3) is 10.2 Å². The fourth-order valence-corrected chi connectivity index (χ4v) is 6.16. The molecule has 0 saturated carbocycles. The minimum atomic E-state index is -3.63. The highest BCUT2D eigenvalue weighted by Gasteiger charge is 2.20. The van der Waals surface area contributed by atoms with Gasteiger partial charge in [0, 0.05) is 30.9 Å². The van der Waals surface area contributed by atoms with E-state index >= 15 is 0 Å². The van der Waals surface area contributed by atoms with E-state index in [4.69, 9.17) is 0 Å². The highest BCUT2D eigenvalue weighted by molar-refractivity contribution is 7.91. The van der Waals surface area contributed by atoms with Crippen LogP contribution in [0.4, 0.5) is 5.69 Å². The Hall–Kier alpha value is -3.23. The van der Waals surface area contributed by atoms with Gasteiger partial charge in [-0.2, -0.15) is 0 Å². The molecule has 8 heteroatoms. The number of thiazole rings is 1. The van der Waals surface area contributed by atoms with Crippen LogP contribution in [-0.2, 0) is 16.4 Å². The zero-order valence-corrected chi connectivity index (χ0v) is 20.2. The second kappa shape index (κ2) is 9.56. The molecule has 0 unspecified atom stereocenters. The van der Waals surface area contributed by atoms with E-state index in [0.29, 0.717) is 17.0 Å². The van der Waals surface area contributed by atoms with Gasteiger partial charge in [-0.25, -0.2) is 13.4 Å². The number of anilines is 1. The Morgan fingerprint density at radius 3 is 2.53 bits per heavy atom. The van der Waals surface area contributed by atoms with Gasteiger partial charge in [-0.15, -0.1) is 11.3 Å². The molecule has 1 aliphatic rings. The lowest BCUT2D eigenvalue weighted by Crippen LogP contribution is -2.29. The first kappa shape index (κ1) is 22.6. The van der Waals surface area contributed by atoms with Gasteiger partial charge in [-0.3, -0.25) is 4.79 Å². The smallest absolute Gasteiger partial charge is 0.251 e. The van der Waals surface area contributed by atoms with Crippen molar-refractivity contribution >= 4 is 43.0 Å². The number of hydrogen-bond acceptors (Lipinski definition) is 6. The number of sulfone groups is 1. The van der Waals surface area contributed by atoms with Crippen LogP contribution in [0.2, 0.25) is 0 Å². The molecule has 0 spiro atoms. The molecular weight excluding hydrogens is 466 g/mol. The maximum Gasteiger partial charge on any atom is 0.251 e. The van der Waals surface area contributed by atoms with Crippen LogP contribution in [0.3, 0.4) is 0 Å². The predicted molar refractivity (Wildman–Crippen MR) is 135 cm³/mol. The molecule has 1 aliphatic heterocycles. The highest BCUT2D eigenvalue weighted by atomic mass is 32.2. The van der Waals surface area contributed by atoms with Crippen molar-refractivity contribution in [2.75, 3.05) is 18.0 Å². The zero-order chi connectivity index (χ0) is 23.5. The van der Waals surface area contributed by atoms with Crippen LogP contribution in [0.5, 0.6) is 0 Å². The summed E-state index contributed by atoms with van der Waals surface area (Å²) in [5, 5.41) is 2.89. The first-order chi connectivity index (χ1) is 16.5. The summed E-state index contributed by atoms with van der Waals surface area (Å²) in [5.74, 6) is -0.193. The third kappa shape index (κ3) is 4.69. The SMILES string of the molecule is O=C(NCc1ccc(S(=O)(=O)c2cccc(N3CCCCC3)c2)cc1)c1ccc2scnc2c1. The van der Waals surface area contributed by atoms with E-state index in [0.717, 1.165) is 47.4 Å². The molecule has 5 rings (SSSR count). The number of piperidine rings is 1. The van der Waals surface area contributed by atoms with Crippen LogP contribution < -0.4 is 10.2 Å². The van der Waals surface area contributed by atoms with E-state index in [1.54, 1.807) is 54.0 Å². The molecule has 0 radical (unpaired) electrons. The first-order valence-electron chi connectivity index (χ1n) is 11.3. The van der Waals surface area contributed by atoms with Gasteiger partial charge >= 0.3 is 0 Å². The van der Waals surface area contributed by atoms with Crippen LogP contribution in [-0.4, -0.2) is 32.4 Å². The normalized spacial score (nSPS) is 14.3. The van der Waals surface area contributed by atoms with Gasteiger partial charge in [0.25, 0.3) is 5.91 Å². The molecular formula is C26H25N3O3S2. The van der Waals surface area contributed by atoms with Crippen molar-refractivity contribution in [1.29, 1.82) is 0 Å². The quantitative estimate of drug-likeness (QED) is 0.408. The van der Waals surface area contributed by atoms with Crippen LogP contribution in [0.1, 0.15) is 35.2 Å². The van der Waals surface area contributed by atoms with Gasteiger partial charge in [0.15, 0.2) is 0 Å². The third-order valence-corrected chi connectivity index (χ3v) is 8.71. The lowest BCUT2D eigenvalue weighted by atomic mass is 10.1. The van der Waals surface area contributed by atoms with Crippen molar-refractivity contribution in [1.82, 2.24) is 10.3 Å². The van der Waals surface area contributed by atoms with Crippen LogP contribution in [0, 0.1) is 0 Å². The topological polar surface area (TPSA) is 79.4 Å². The summed E-state index contributed by atoms with van der Waals surface area (Å²) in [4.78, 5) is 19.6. The molecule has 0 bridgehead atoms. The van der Waals surface area contributed by atoms with Gasteiger partial charge < -0.3 is 10.2 Å². The number of nitrogens with zero attached hydrogens (tertiary/aromatic N) is 2. The molecule has 0 aliphatic carbocycles. The Morgan fingerprint density at radius 2 is 1.74 bits per heavy atom. The summed E-state index contributed by atoms with van der Waals surface area (Å²) in [6.07, 6.45) is 3.49. The molecule has 1 amide bonds. The standard InChI is InChI=1S/C26H25N3O3S2/c30-26(20-9-12-25-24(15-20)28-18-33-25)27-17-19-7-10-22(11-8-19)34(31,32)23-6-4-5-21(16-23)29-13-2-1-3-14-29/h4-12,15-16,18H,1-3,13-14,17H2,(H,27,30). The van der Waals surface area contributed by atoms with E-state index in [2.05, 4.69) is 15.2 Å². The Labute approximate surface area is 203 Å². The minimum Gasteiger partial charge on any atom is -0.372 e. The zero-order valence-electron chi connectivity index (χ0n) is 18.6. The average molecular weight is 492 g/mol. The average Bonchev–Trinajstić information content (AvgIpc) is 3.36. The molecule has 1 fully saturated rings. The molecule has 4 aromatic rings. The van der Waals surface area contributed by atoms with Crippen LogP contribution in [0.15, 0.2) is 82.0 Å². The van der Waals surface area contributed by atoms with Gasteiger partial charge in [0.1, 0.15) is 0 Å². The number of fused-ring (bicyclic) bond motifs is 1. The van der Waals surface area contributed by atoms with Gasteiger partial charge in [0.05, 0.1) is 25.5 Å². The molecule has 174 valence electrons. The number of amides is 1. The van der Waals surface area contributed by atoms with Crippen molar-refractivity contribution in [3.8, 4) is 0 Å². The number of benzene rings is 3. The molecule has 1 saturated heterocycles. The first-order valence-corrected chi connectivity index (χ1v) is 13.7. The molecule has 1 N–H and O–H groups in total. The van der Waals surface area contributed by atoms with Gasteiger partial charge in [0.2, 0.25) is 9.84 Å². The van der Waals surface area contributed by atoms with E-state index in [1.165, 1.54) is 17.8 Å². The number of nitrogens with one attached hydrogen (secondary N) is 1. The summed E-state index contributed by atoms with van der Waals surface area (Å²) < 4.78 is 27.5. The monoisotopic (exact) mass is 491 g/mol. The predicted octanol–water partition coefficient (Wildman–Crippen LogP) is 5.05. The van der Waals surface area contributed by atoms with E-state index in [1.807, 2.05) is 18.2 Å². The van der Waals surface area contributed by atoms with Crippen molar-refractivity contribution < 1.29 is 13.2 Å². The third-order valence-electron chi connectivity index (χ3n) is 6.13. The van der Waals surface area contributed by atoms with Crippen molar-refractivity contribution in [2.24, 2.45) is 0 Å². The minimum absolute atomic E-state index is 0.193. The van der Waals surface area contributed by atoms with E-state index in [9.17, 15) is 13.2 Å². The van der Waals surface area contributed by atoms with Crippen molar-refractivity contribution in [3.05, 3.63) is 83.4 Å². The van der Waals surface area contributed by atoms with Gasteiger partial charge in [-0.05, 0) is 73.4 Å². The maximum absolute atomic E-state index is 13.2. The fraction of sp³-hybridized carbons (Fsp3) is 0.231. The Kier molecular flexibility index (Phi) is 6.34. The fourth-order valence-electron chi connectivity index (χ4n) is 4.21. The summed E-state index contributed by atoms with van der Waals surface area (Å²) >= 11 is 1.53. The summed E-state index contributed by atoms with van der Waals surface area (Å²) in [6, 6.07) is 19.3. The summed E-state index contributed by atoms with van der Waals surface area (Å²) in [5.41, 5.74) is 4.88. The Balaban J connectivity index is 1.27. The number of hydrogen-bond donors (Lipinski definition) is 1. The van der Waals surface area contributed by atoms with Gasteiger partial charge in [-0.1, -0.05) is 18.2 Å². The molecule has 34 heavy (non-hydrogen) atoms. The van der Waals surface area contributed by atoms with Crippen molar-refractivity contribution in [3.63, 3.8) is 0 Å². The lowest BCUT2D eigenvalue weighted by Gasteiger charge is -2.29. The molecule has 3 aromatic carbocycles. The number of carbonyl (C=O) groups excluding carboxylic acids is 1. The molecule has 2 heterocycles. The number of carbonyl (C=O) groups is 1. The second-order valence-electron chi connectivity index (χ2n) is 8.41. The number of rotatable bonds is 6. The summed E-state index contributed by atoms with van der Waals surface area (Å²) in [7, 11) is -3.63. The highest BCUT2D eigenvalue weighted by Crippen LogP contribution is 2.27. The van der Waals surface area contributed by atoms with E-state index in [-0.39, 0.29) is 10.8 Å². The largest absolute Gasteiger partial charge is 0.372 e. The van der Waals surface area contributed by atoms with Crippen molar-refractivity contribution in [2.45, 2.75) is 35.6 Å². The number of aromatic nitrogens is 1. The van der Waals surface area contributed by atoms with Crippen LogP contribution >= 0.6 is 11.3 Å². The molecule has 6 nitrogen and oxygen atoms in total. The Morgan fingerprint density at radius 1 is 0.941 bits per heavy atom. The molecule has 0 atom stereocenters. The Bertz CT molecular complexity index is 1420. The van der Waals surface area contributed by atoms with E-state index < -0.39 is 9.84 Å².